The molecule has 0 saturated carbocycles. The SMILES string of the molecule is COC(=O)c1sc(NC(=O)CSc2cc(C)c3cc(C)cc(C)c3n2)c(C(=O)OC)c1C. The highest BCUT2D eigenvalue weighted by molar-refractivity contribution is 7.99. The van der Waals surface area contributed by atoms with Crippen LogP contribution in [0.5, 0.6) is 0 Å². The topological polar surface area (TPSA) is 94.6 Å². The van der Waals surface area contributed by atoms with Crippen molar-refractivity contribution in [1.82, 2.24) is 4.98 Å². The smallest absolute Gasteiger partial charge is 0.348 e. The van der Waals surface area contributed by atoms with Crippen LogP contribution in [0.1, 0.15) is 42.3 Å². The van der Waals surface area contributed by atoms with Crippen molar-refractivity contribution in [2.75, 3.05) is 25.3 Å². The predicted octanol–water partition coefficient (Wildman–Crippen LogP) is 4.83. The normalized spacial score (nSPS) is 10.8. The number of aromatic nitrogens is 1. The average Bonchev–Trinajstić information content (AvgIpc) is 3.07. The Bertz CT molecular complexity index is 1230. The molecule has 32 heavy (non-hydrogen) atoms. The number of aryl methyl sites for hydroxylation is 3. The van der Waals surface area contributed by atoms with Crippen molar-refractivity contribution in [3.63, 3.8) is 0 Å². The van der Waals surface area contributed by atoms with Crippen LogP contribution < -0.4 is 5.32 Å². The molecule has 1 amide bonds. The number of hydrogen-bond acceptors (Lipinski definition) is 8. The molecule has 0 fully saturated rings. The van der Waals surface area contributed by atoms with Crippen LogP contribution in [0.15, 0.2) is 23.2 Å². The van der Waals surface area contributed by atoms with Crippen molar-refractivity contribution in [3.05, 3.63) is 50.9 Å². The molecule has 3 aromatic rings. The summed E-state index contributed by atoms with van der Waals surface area (Å²) in [7, 11) is 2.51. The Balaban J connectivity index is 1.81. The molecule has 168 valence electrons. The van der Waals surface area contributed by atoms with E-state index in [0.717, 1.165) is 38.4 Å². The van der Waals surface area contributed by atoms with Crippen LogP contribution in [0.25, 0.3) is 10.9 Å². The lowest BCUT2D eigenvalue weighted by molar-refractivity contribution is -0.113. The Hall–Kier alpha value is -2.91. The third-order valence-electron chi connectivity index (χ3n) is 4.94. The molecule has 1 aromatic carbocycles. The van der Waals surface area contributed by atoms with E-state index >= 15 is 0 Å². The maximum Gasteiger partial charge on any atom is 0.348 e. The van der Waals surface area contributed by atoms with Gasteiger partial charge in [-0.3, -0.25) is 4.79 Å². The Morgan fingerprint density at radius 1 is 1.00 bits per heavy atom. The summed E-state index contributed by atoms with van der Waals surface area (Å²) in [5.41, 5.74) is 4.84. The van der Waals surface area contributed by atoms with Gasteiger partial charge < -0.3 is 14.8 Å². The molecular formula is C23H24N2O5S2. The maximum absolute atomic E-state index is 12.6. The van der Waals surface area contributed by atoms with Crippen molar-refractivity contribution in [2.24, 2.45) is 0 Å². The number of benzene rings is 1. The molecule has 2 heterocycles. The number of thiophene rings is 1. The van der Waals surface area contributed by atoms with E-state index in [0.29, 0.717) is 5.56 Å². The van der Waals surface area contributed by atoms with Gasteiger partial charge in [-0.05, 0) is 56.5 Å². The van der Waals surface area contributed by atoms with E-state index < -0.39 is 11.9 Å². The molecule has 0 bridgehead atoms. The zero-order valence-corrected chi connectivity index (χ0v) is 20.4. The number of amides is 1. The van der Waals surface area contributed by atoms with Crippen molar-refractivity contribution >= 4 is 56.8 Å². The summed E-state index contributed by atoms with van der Waals surface area (Å²) in [6.45, 7) is 7.72. The number of esters is 2. The van der Waals surface area contributed by atoms with Gasteiger partial charge in [0.15, 0.2) is 0 Å². The summed E-state index contributed by atoms with van der Waals surface area (Å²) < 4.78 is 9.58. The van der Waals surface area contributed by atoms with Crippen LogP contribution in [0, 0.1) is 27.7 Å². The fourth-order valence-corrected chi connectivity index (χ4v) is 5.32. The molecule has 0 atom stereocenters. The van der Waals surface area contributed by atoms with E-state index in [9.17, 15) is 14.4 Å². The summed E-state index contributed by atoms with van der Waals surface area (Å²) in [6, 6.07) is 6.16. The predicted molar refractivity (Wildman–Crippen MR) is 127 cm³/mol. The molecule has 9 heteroatoms. The first-order valence-corrected chi connectivity index (χ1v) is 11.6. The number of anilines is 1. The van der Waals surface area contributed by atoms with Gasteiger partial charge in [0.1, 0.15) is 9.88 Å². The lowest BCUT2D eigenvalue weighted by atomic mass is 10.0. The van der Waals surface area contributed by atoms with Crippen molar-refractivity contribution in [2.45, 2.75) is 32.7 Å². The summed E-state index contributed by atoms with van der Waals surface area (Å²) in [5.74, 6) is -1.44. The Labute approximate surface area is 194 Å². The van der Waals surface area contributed by atoms with Crippen LogP contribution in [-0.2, 0) is 14.3 Å². The van der Waals surface area contributed by atoms with Crippen LogP contribution in [-0.4, -0.2) is 42.8 Å². The first-order chi connectivity index (χ1) is 15.2. The van der Waals surface area contributed by atoms with Gasteiger partial charge in [0.05, 0.1) is 36.1 Å². The molecule has 7 nitrogen and oxygen atoms in total. The molecule has 0 radical (unpaired) electrons. The fourth-order valence-electron chi connectivity index (χ4n) is 3.43. The molecule has 0 aliphatic heterocycles. The average molecular weight is 473 g/mol. The van der Waals surface area contributed by atoms with E-state index in [1.54, 1.807) is 6.92 Å². The molecule has 0 aliphatic rings. The van der Waals surface area contributed by atoms with Crippen LogP contribution in [0.2, 0.25) is 0 Å². The number of thioether (sulfide) groups is 1. The largest absolute Gasteiger partial charge is 0.465 e. The minimum atomic E-state index is -0.630. The molecule has 3 rings (SSSR count). The van der Waals surface area contributed by atoms with Crippen molar-refractivity contribution < 1.29 is 23.9 Å². The molecule has 0 saturated heterocycles. The molecule has 0 aliphatic carbocycles. The van der Waals surface area contributed by atoms with E-state index in [1.807, 2.05) is 19.9 Å². The number of carbonyl (C=O) groups excluding carboxylic acids is 3. The quantitative estimate of drug-likeness (QED) is 0.405. The van der Waals surface area contributed by atoms with E-state index in [2.05, 4.69) is 24.4 Å². The summed E-state index contributed by atoms with van der Waals surface area (Å²) >= 11 is 2.29. The Kier molecular flexibility index (Phi) is 7.20. The van der Waals surface area contributed by atoms with E-state index in [-0.39, 0.29) is 27.1 Å². The molecule has 0 spiro atoms. The van der Waals surface area contributed by atoms with Crippen LogP contribution >= 0.6 is 23.1 Å². The molecular weight excluding hydrogens is 448 g/mol. The standard InChI is InChI=1S/C23H24N2O5S2/c1-11-7-13(3)19-15(8-11)12(2)9-17(25-19)31-10-16(26)24-21-18(22(27)29-5)14(4)20(32-21)23(28)30-6/h7-9H,10H2,1-6H3,(H,24,26). The monoisotopic (exact) mass is 472 g/mol. The first kappa shape index (κ1) is 23.7. The number of carbonyl (C=O) groups is 3. The fraction of sp³-hybridized carbons (Fsp3) is 0.304. The van der Waals surface area contributed by atoms with Crippen LogP contribution in [0.4, 0.5) is 5.00 Å². The van der Waals surface area contributed by atoms with Gasteiger partial charge in [-0.25, -0.2) is 14.6 Å². The second-order valence-electron chi connectivity index (χ2n) is 7.34. The highest BCUT2D eigenvalue weighted by Crippen LogP contribution is 2.34. The number of fused-ring (bicyclic) bond motifs is 1. The minimum Gasteiger partial charge on any atom is -0.465 e. The number of hydrogen-bond donors (Lipinski definition) is 1. The Morgan fingerprint density at radius 3 is 2.34 bits per heavy atom. The summed E-state index contributed by atoms with van der Waals surface area (Å²) in [6.07, 6.45) is 0. The highest BCUT2D eigenvalue weighted by Gasteiger charge is 2.26. The van der Waals surface area contributed by atoms with E-state index in [4.69, 9.17) is 14.5 Å². The van der Waals surface area contributed by atoms with Gasteiger partial charge in [-0.2, -0.15) is 0 Å². The minimum absolute atomic E-state index is 0.0912. The lowest BCUT2D eigenvalue weighted by Gasteiger charge is -2.10. The van der Waals surface area contributed by atoms with Crippen LogP contribution in [0.3, 0.4) is 0 Å². The molecule has 1 N–H and O–H groups in total. The molecule has 2 aromatic heterocycles. The second kappa shape index (κ2) is 9.70. The third kappa shape index (κ3) is 4.78. The highest BCUT2D eigenvalue weighted by atomic mass is 32.2. The second-order valence-corrected chi connectivity index (χ2v) is 9.35. The summed E-state index contributed by atoms with van der Waals surface area (Å²) in [5, 5.41) is 4.83. The molecule has 0 unspecified atom stereocenters. The number of pyridine rings is 1. The number of methoxy groups -OCH3 is 2. The zero-order chi connectivity index (χ0) is 23.6. The van der Waals surface area contributed by atoms with Gasteiger partial charge in [0.2, 0.25) is 5.91 Å². The van der Waals surface area contributed by atoms with Gasteiger partial charge >= 0.3 is 11.9 Å². The van der Waals surface area contributed by atoms with Gasteiger partial charge in [-0.15, -0.1) is 11.3 Å². The van der Waals surface area contributed by atoms with Gasteiger partial charge in [-0.1, -0.05) is 23.4 Å². The maximum atomic E-state index is 12.6. The van der Waals surface area contributed by atoms with E-state index in [1.165, 1.54) is 31.5 Å². The Morgan fingerprint density at radius 2 is 1.69 bits per heavy atom. The summed E-state index contributed by atoms with van der Waals surface area (Å²) in [4.78, 5) is 41.8. The van der Waals surface area contributed by atoms with Gasteiger partial charge in [0, 0.05) is 5.39 Å². The van der Waals surface area contributed by atoms with Gasteiger partial charge in [0.25, 0.3) is 0 Å². The number of nitrogens with zero attached hydrogens (tertiary/aromatic N) is 1. The number of nitrogens with one attached hydrogen (secondary N) is 1. The van der Waals surface area contributed by atoms with Crippen molar-refractivity contribution in [1.29, 1.82) is 0 Å². The lowest BCUT2D eigenvalue weighted by Crippen LogP contribution is -2.16. The third-order valence-corrected chi connectivity index (χ3v) is 7.04. The van der Waals surface area contributed by atoms with Crippen molar-refractivity contribution in [3.8, 4) is 0 Å². The first-order valence-electron chi connectivity index (χ1n) is 9.77. The number of rotatable bonds is 6. The zero-order valence-electron chi connectivity index (χ0n) is 18.7. The number of ether oxygens (including phenoxy) is 2.